The average molecular weight is 412 g/mol. The number of thiocarbonyl (C=S) groups is 1. The van der Waals surface area contributed by atoms with Gasteiger partial charge in [-0.15, -0.1) is 11.3 Å². The second-order valence-electron chi connectivity index (χ2n) is 5.37. The van der Waals surface area contributed by atoms with Crippen molar-refractivity contribution in [3.63, 3.8) is 0 Å². The summed E-state index contributed by atoms with van der Waals surface area (Å²) in [5.41, 5.74) is 5.38. The summed E-state index contributed by atoms with van der Waals surface area (Å²) in [6.45, 7) is 6.06. The van der Waals surface area contributed by atoms with E-state index in [1.165, 1.54) is 15.6 Å². The van der Waals surface area contributed by atoms with Gasteiger partial charge in [0, 0.05) is 30.7 Å². The Balaban J connectivity index is 2.12. The van der Waals surface area contributed by atoms with Gasteiger partial charge in [0.2, 0.25) is 0 Å². The minimum absolute atomic E-state index is 0.365. The highest BCUT2D eigenvalue weighted by molar-refractivity contribution is 9.10. The van der Waals surface area contributed by atoms with Crippen LogP contribution in [-0.2, 0) is 10.0 Å². The van der Waals surface area contributed by atoms with Gasteiger partial charge >= 0.3 is 0 Å². The normalized spacial score (nSPS) is 18.8. The van der Waals surface area contributed by atoms with Crippen LogP contribution in [0.15, 0.2) is 20.1 Å². The minimum Gasteiger partial charge on any atom is -0.392 e. The fourth-order valence-corrected chi connectivity index (χ4v) is 6.23. The first-order valence-corrected chi connectivity index (χ1v) is 9.97. The van der Waals surface area contributed by atoms with E-state index in [4.69, 9.17) is 18.0 Å². The Morgan fingerprint density at radius 1 is 1.38 bits per heavy atom. The number of rotatable bonds is 4. The molecule has 0 amide bonds. The number of nitrogens with zero attached hydrogens (tertiary/aromatic N) is 2. The number of halogens is 1. The summed E-state index contributed by atoms with van der Waals surface area (Å²) in [6.07, 6.45) is 0. The number of piperazine rings is 1. The van der Waals surface area contributed by atoms with Gasteiger partial charge in [-0.1, -0.05) is 12.2 Å². The fourth-order valence-electron chi connectivity index (χ4n) is 2.22. The van der Waals surface area contributed by atoms with Crippen LogP contribution in [0.2, 0.25) is 0 Å². The molecule has 1 fully saturated rings. The van der Waals surface area contributed by atoms with E-state index >= 15 is 0 Å². The molecule has 1 saturated heterocycles. The standard InChI is InChI=1S/C12H18BrN3O2S3/c1-12(2,11(14)19)15-4-6-16(7-5-15)21(17,18)10-9(13)3-8-20-10/h3,8H,4-7H2,1-2H3,(H2,14,19). The zero-order chi connectivity index (χ0) is 15.8. The van der Waals surface area contributed by atoms with E-state index in [2.05, 4.69) is 20.8 Å². The summed E-state index contributed by atoms with van der Waals surface area (Å²) in [7, 11) is -3.42. The lowest BCUT2D eigenvalue weighted by molar-refractivity contribution is 0.123. The second kappa shape index (κ2) is 6.21. The maximum atomic E-state index is 12.6. The molecule has 0 aliphatic carbocycles. The van der Waals surface area contributed by atoms with Gasteiger partial charge < -0.3 is 5.73 Å². The van der Waals surface area contributed by atoms with Crippen LogP contribution in [-0.4, -0.2) is 54.3 Å². The number of nitrogens with two attached hydrogens (primary N) is 1. The minimum atomic E-state index is -3.42. The van der Waals surface area contributed by atoms with Crippen molar-refractivity contribution in [2.24, 2.45) is 5.73 Å². The third-order valence-electron chi connectivity index (χ3n) is 3.79. The van der Waals surface area contributed by atoms with Gasteiger partial charge in [0.25, 0.3) is 10.0 Å². The fraction of sp³-hybridized carbons (Fsp3) is 0.583. The van der Waals surface area contributed by atoms with Crippen LogP contribution in [0.25, 0.3) is 0 Å². The largest absolute Gasteiger partial charge is 0.392 e. The van der Waals surface area contributed by atoms with E-state index in [1.54, 1.807) is 11.4 Å². The average Bonchev–Trinajstić information content (AvgIpc) is 2.85. The monoisotopic (exact) mass is 411 g/mol. The lowest BCUT2D eigenvalue weighted by Crippen LogP contribution is -2.59. The van der Waals surface area contributed by atoms with Crippen molar-refractivity contribution >= 4 is 54.5 Å². The highest BCUT2D eigenvalue weighted by Gasteiger charge is 2.36. The molecule has 5 nitrogen and oxygen atoms in total. The molecular weight excluding hydrogens is 394 g/mol. The van der Waals surface area contributed by atoms with Crippen LogP contribution < -0.4 is 5.73 Å². The van der Waals surface area contributed by atoms with Crippen LogP contribution in [0.5, 0.6) is 0 Å². The van der Waals surface area contributed by atoms with Crippen LogP contribution in [0.4, 0.5) is 0 Å². The van der Waals surface area contributed by atoms with Gasteiger partial charge in [-0.3, -0.25) is 4.90 Å². The number of hydrogen-bond acceptors (Lipinski definition) is 5. The van der Waals surface area contributed by atoms with Crippen molar-refractivity contribution < 1.29 is 8.42 Å². The summed E-state index contributed by atoms with van der Waals surface area (Å²) < 4.78 is 27.7. The predicted octanol–water partition coefficient (Wildman–Crippen LogP) is 1.88. The molecular formula is C12H18BrN3O2S3. The molecule has 2 heterocycles. The third-order valence-corrected chi connectivity index (χ3v) is 8.84. The first-order chi connectivity index (χ1) is 9.67. The maximum Gasteiger partial charge on any atom is 0.253 e. The molecule has 0 unspecified atom stereocenters. The van der Waals surface area contributed by atoms with Crippen LogP contribution in [0.3, 0.4) is 0 Å². The molecule has 1 aromatic heterocycles. The maximum absolute atomic E-state index is 12.6. The first kappa shape index (κ1) is 17.3. The molecule has 0 atom stereocenters. The smallest absolute Gasteiger partial charge is 0.253 e. The Bertz CT molecular complexity index is 634. The molecule has 2 N–H and O–H groups in total. The van der Waals surface area contributed by atoms with E-state index in [-0.39, 0.29) is 0 Å². The van der Waals surface area contributed by atoms with Gasteiger partial charge in [-0.05, 0) is 41.2 Å². The van der Waals surface area contributed by atoms with E-state index in [9.17, 15) is 8.42 Å². The third kappa shape index (κ3) is 3.32. The zero-order valence-electron chi connectivity index (χ0n) is 11.9. The van der Waals surface area contributed by atoms with Gasteiger partial charge in [0.05, 0.1) is 10.5 Å². The molecule has 9 heteroatoms. The highest BCUT2D eigenvalue weighted by Crippen LogP contribution is 2.31. The van der Waals surface area contributed by atoms with Crippen molar-refractivity contribution in [3.8, 4) is 0 Å². The lowest BCUT2D eigenvalue weighted by atomic mass is 10.0. The summed E-state index contributed by atoms with van der Waals surface area (Å²) in [5.74, 6) is 0. The van der Waals surface area contributed by atoms with Crippen LogP contribution in [0.1, 0.15) is 13.8 Å². The van der Waals surface area contributed by atoms with Crippen molar-refractivity contribution in [1.82, 2.24) is 9.21 Å². The number of sulfonamides is 1. The van der Waals surface area contributed by atoms with E-state index in [1.807, 2.05) is 13.8 Å². The number of thiophene rings is 1. The molecule has 1 aromatic rings. The summed E-state index contributed by atoms with van der Waals surface area (Å²) in [5, 5.41) is 1.77. The first-order valence-electron chi connectivity index (χ1n) is 6.45. The molecule has 0 aromatic carbocycles. The molecule has 1 aliphatic heterocycles. The Hall–Kier alpha value is -0.0600. The Morgan fingerprint density at radius 2 is 1.95 bits per heavy atom. The molecule has 0 radical (unpaired) electrons. The zero-order valence-corrected chi connectivity index (χ0v) is 15.9. The highest BCUT2D eigenvalue weighted by atomic mass is 79.9. The topological polar surface area (TPSA) is 66.6 Å². The van der Waals surface area contributed by atoms with Crippen molar-refractivity contribution in [1.29, 1.82) is 0 Å². The van der Waals surface area contributed by atoms with Gasteiger partial charge in [-0.25, -0.2) is 8.42 Å². The second-order valence-corrected chi connectivity index (χ2v) is 9.71. The molecule has 1 aliphatic rings. The molecule has 0 saturated carbocycles. The molecule has 21 heavy (non-hydrogen) atoms. The van der Waals surface area contributed by atoms with Crippen molar-refractivity contribution in [2.75, 3.05) is 26.2 Å². The van der Waals surface area contributed by atoms with Gasteiger partial charge in [0.15, 0.2) is 0 Å². The van der Waals surface area contributed by atoms with Crippen LogP contribution >= 0.6 is 39.5 Å². The lowest BCUT2D eigenvalue weighted by Gasteiger charge is -2.42. The molecule has 0 spiro atoms. The Labute approximate surface area is 143 Å². The van der Waals surface area contributed by atoms with E-state index in [0.29, 0.717) is 39.8 Å². The van der Waals surface area contributed by atoms with Gasteiger partial charge in [0.1, 0.15) is 4.21 Å². The van der Waals surface area contributed by atoms with E-state index in [0.717, 1.165) is 0 Å². The summed E-state index contributed by atoms with van der Waals surface area (Å²) in [6, 6.07) is 1.75. The van der Waals surface area contributed by atoms with Crippen molar-refractivity contribution in [2.45, 2.75) is 23.6 Å². The summed E-state index contributed by atoms with van der Waals surface area (Å²) >= 11 is 9.62. The Kier molecular flexibility index (Phi) is 5.11. The molecule has 2 rings (SSSR count). The molecule has 118 valence electrons. The quantitative estimate of drug-likeness (QED) is 0.765. The van der Waals surface area contributed by atoms with Crippen molar-refractivity contribution in [3.05, 3.63) is 15.9 Å². The SMILES string of the molecule is CC(C)(C(N)=S)N1CCN(S(=O)(=O)c2sccc2Br)CC1. The van der Waals surface area contributed by atoms with Gasteiger partial charge in [-0.2, -0.15) is 4.31 Å². The van der Waals surface area contributed by atoms with Crippen LogP contribution in [0, 0.1) is 0 Å². The van der Waals surface area contributed by atoms with E-state index < -0.39 is 15.6 Å². The summed E-state index contributed by atoms with van der Waals surface area (Å²) in [4.78, 5) is 2.56. The number of hydrogen-bond donors (Lipinski definition) is 1. The predicted molar refractivity (Wildman–Crippen MR) is 93.2 cm³/mol. The Morgan fingerprint density at radius 3 is 2.38 bits per heavy atom. The molecule has 0 bridgehead atoms.